The van der Waals surface area contributed by atoms with Crippen LogP contribution in [0.25, 0.3) is 0 Å². The molecule has 1 aromatic heterocycles. The molecule has 20 heavy (non-hydrogen) atoms. The fourth-order valence-electron chi connectivity index (χ4n) is 1.51. The number of esters is 1. The van der Waals surface area contributed by atoms with Crippen LogP contribution in [0.4, 0.5) is 5.69 Å². The molecule has 0 unspecified atom stereocenters. The number of nitro groups is 1. The molecule has 0 radical (unpaired) electrons. The normalized spacial score (nSPS) is 10.3. The number of carbonyl (C=O) groups excluding carboxylic acids is 1. The number of hydrogen-bond acceptors (Lipinski definition) is 6. The molecule has 0 aliphatic carbocycles. The average molecular weight is 341 g/mol. The molecule has 2 aromatic rings. The van der Waals surface area contributed by atoms with Gasteiger partial charge in [-0.05, 0) is 11.6 Å². The summed E-state index contributed by atoms with van der Waals surface area (Å²) >= 11 is 3.26. The van der Waals surface area contributed by atoms with Crippen LogP contribution in [0, 0.1) is 10.1 Å². The van der Waals surface area contributed by atoms with Gasteiger partial charge in [-0.1, -0.05) is 15.9 Å². The number of methoxy groups -OCH3 is 1. The Morgan fingerprint density at radius 2 is 2.30 bits per heavy atom. The highest BCUT2D eigenvalue weighted by molar-refractivity contribution is 9.10. The van der Waals surface area contributed by atoms with Gasteiger partial charge in [0.15, 0.2) is 0 Å². The van der Waals surface area contributed by atoms with Gasteiger partial charge in [-0.25, -0.2) is 14.5 Å². The summed E-state index contributed by atoms with van der Waals surface area (Å²) < 4.78 is 6.53. The minimum absolute atomic E-state index is 0.00512. The van der Waals surface area contributed by atoms with E-state index in [1.54, 1.807) is 6.07 Å². The molecule has 0 N–H and O–H groups in total. The van der Waals surface area contributed by atoms with Crippen molar-refractivity contribution in [2.24, 2.45) is 0 Å². The molecule has 0 bridgehead atoms. The lowest BCUT2D eigenvalue weighted by Gasteiger charge is -2.04. The van der Waals surface area contributed by atoms with E-state index in [0.717, 1.165) is 5.56 Å². The van der Waals surface area contributed by atoms with Crippen LogP contribution in [0.3, 0.4) is 0 Å². The molecule has 1 aromatic carbocycles. The lowest BCUT2D eigenvalue weighted by Crippen LogP contribution is -2.06. The van der Waals surface area contributed by atoms with Gasteiger partial charge < -0.3 is 4.74 Å². The Morgan fingerprint density at radius 1 is 1.55 bits per heavy atom. The maximum atomic E-state index is 11.2. The molecular weight excluding hydrogens is 332 g/mol. The number of hydrogen-bond donors (Lipinski definition) is 0. The first kappa shape index (κ1) is 14.1. The van der Waals surface area contributed by atoms with Gasteiger partial charge in [-0.3, -0.25) is 10.1 Å². The van der Waals surface area contributed by atoms with Gasteiger partial charge in [-0.2, -0.15) is 0 Å². The summed E-state index contributed by atoms with van der Waals surface area (Å²) in [6, 6.07) is 4.42. The summed E-state index contributed by atoms with van der Waals surface area (Å²) in [6.45, 7) is 0.322. The van der Waals surface area contributed by atoms with Crippen molar-refractivity contribution in [2.75, 3.05) is 7.11 Å². The van der Waals surface area contributed by atoms with E-state index in [1.165, 1.54) is 30.3 Å². The topological polar surface area (TPSA) is 100 Å². The van der Waals surface area contributed by atoms with Crippen LogP contribution >= 0.6 is 15.9 Å². The molecule has 8 nitrogen and oxygen atoms in total. The Balaban J connectivity index is 2.20. The minimum Gasteiger partial charge on any atom is -0.463 e. The van der Waals surface area contributed by atoms with Crippen LogP contribution in [0.2, 0.25) is 0 Å². The zero-order chi connectivity index (χ0) is 14.7. The Labute approximate surface area is 121 Å². The number of ether oxygens (including phenoxy) is 1. The van der Waals surface area contributed by atoms with Crippen molar-refractivity contribution in [3.05, 3.63) is 50.5 Å². The Hall–Kier alpha value is -2.29. The third-order valence-electron chi connectivity index (χ3n) is 2.48. The molecule has 0 fully saturated rings. The molecule has 1 heterocycles. The van der Waals surface area contributed by atoms with Crippen LogP contribution in [0.5, 0.6) is 0 Å². The number of halogens is 1. The van der Waals surface area contributed by atoms with E-state index < -0.39 is 10.9 Å². The molecule has 0 amide bonds. The van der Waals surface area contributed by atoms with E-state index in [4.69, 9.17) is 0 Å². The fraction of sp³-hybridized carbons (Fsp3) is 0.182. The number of rotatable bonds is 4. The minimum atomic E-state index is -0.619. The van der Waals surface area contributed by atoms with Gasteiger partial charge in [0.2, 0.25) is 0 Å². The third kappa shape index (κ3) is 2.99. The highest BCUT2D eigenvalue weighted by atomic mass is 79.9. The summed E-state index contributed by atoms with van der Waals surface area (Å²) in [5.74, 6) is -0.656. The zero-order valence-electron chi connectivity index (χ0n) is 10.3. The van der Waals surface area contributed by atoms with E-state index in [-0.39, 0.29) is 11.5 Å². The van der Waals surface area contributed by atoms with Crippen molar-refractivity contribution in [1.82, 2.24) is 14.8 Å². The molecule has 0 aliphatic rings. The highest BCUT2D eigenvalue weighted by Crippen LogP contribution is 2.23. The monoisotopic (exact) mass is 340 g/mol. The van der Waals surface area contributed by atoms with Crippen LogP contribution < -0.4 is 0 Å². The zero-order valence-corrected chi connectivity index (χ0v) is 11.9. The Bertz CT molecular complexity index is 670. The number of carbonyl (C=O) groups is 1. The number of non-ortho nitro benzene ring substituents is 1. The molecule has 2 rings (SSSR count). The maximum Gasteiger partial charge on any atom is 0.377 e. The quantitative estimate of drug-likeness (QED) is 0.477. The fourth-order valence-corrected chi connectivity index (χ4v) is 2.00. The second-order valence-electron chi connectivity index (χ2n) is 3.79. The summed E-state index contributed by atoms with van der Waals surface area (Å²) in [7, 11) is 1.25. The SMILES string of the molecule is COC(=O)c1ncn(Cc2ccc([N+](=O)[O-])cc2Br)n1. The van der Waals surface area contributed by atoms with Crippen LogP contribution in [-0.2, 0) is 11.3 Å². The highest BCUT2D eigenvalue weighted by Gasteiger charge is 2.13. The van der Waals surface area contributed by atoms with Crippen molar-refractivity contribution >= 4 is 27.6 Å². The number of nitro benzene ring substituents is 1. The van der Waals surface area contributed by atoms with E-state index >= 15 is 0 Å². The van der Waals surface area contributed by atoms with Crippen molar-refractivity contribution in [2.45, 2.75) is 6.54 Å². The Morgan fingerprint density at radius 3 is 2.90 bits per heavy atom. The second-order valence-corrected chi connectivity index (χ2v) is 4.64. The van der Waals surface area contributed by atoms with Crippen molar-refractivity contribution in [3.63, 3.8) is 0 Å². The largest absolute Gasteiger partial charge is 0.463 e. The summed E-state index contributed by atoms with van der Waals surface area (Å²) in [6.07, 6.45) is 1.39. The molecule has 9 heteroatoms. The second kappa shape index (κ2) is 5.78. The number of benzene rings is 1. The van der Waals surface area contributed by atoms with Crippen molar-refractivity contribution in [3.8, 4) is 0 Å². The van der Waals surface area contributed by atoms with Crippen molar-refractivity contribution in [1.29, 1.82) is 0 Å². The van der Waals surface area contributed by atoms with E-state index in [1.807, 2.05) is 0 Å². The predicted octanol–water partition coefficient (Wildman–Crippen LogP) is 1.78. The van der Waals surface area contributed by atoms with Gasteiger partial charge >= 0.3 is 5.97 Å². The van der Waals surface area contributed by atoms with Gasteiger partial charge in [0.05, 0.1) is 18.6 Å². The molecule has 0 saturated carbocycles. The third-order valence-corrected chi connectivity index (χ3v) is 3.22. The maximum absolute atomic E-state index is 11.2. The molecule has 104 valence electrons. The first-order valence-corrected chi connectivity index (χ1v) is 6.21. The summed E-state index contributed by atoms with van der Waals surface area (Å²) in [4.78, 5) is 25.2. The Kier molecular flexibility index (Phi) is 4.08. The smallest absolute Gasteiger partial charge is 0.377 e. The lowest BCUT2D eigenvalue weighted by molar-refractivity contribution is -0.384. The lowest BCUT2D eigenvalue weighted by atomic mass is 10.2. The first-order chi connectivity index (χ1) is 9.51. The van der Waals surface area contributed by atoms with E-state index in [0.29, 0.717) is 11.0 Å². The molecule has 0 spiro atoms. The molecule has 0 atom stereocenters. The van der Waals surface area contributed by atoms with Gasteiger partial charge in [0.25, 0.3) is 11.5 Å². The van der Waals surface area contributed by atoms with Gasteiger partial charge in [0.1, 0.15) is 6.33 Å². The van der Waals surface area contributed by atoms with Gasteiger partial charge in [0, 0.05) is 16.6 Å². The van der Waals surface area contributed by atoms with Crippen molar-refractivity contribution < 1.29 is 14.5 Å². The van der Waals surface area contributed by atoms with Crippen LogP contribution in [-0.4, -0.2) is 32.8 Å². The molecule has 0 aliphatic heterocycles. The standard InChI is InChI=1S/C11H9BrN4O4/c1-20-11(17)10-13-6-15(14-10)5-7-2-3-8(16(18)19)4-9(7)12/h2-4,6H,5H2,1H3. The number of aromatic nitrogens is 3. The summed E-state index contributed by atoms with van der Waals surface area (Å²) in [5.41, 5.74) is 0.770. The van der Waals surface area contributed by atoms with E-state index in [9.17, 15) is 14.9 Å². The van der Waals surface area contributed by atoms with Crippen LogP contribution in [0.15, 0.2) is 29.0 Å². The molecular formula is C11H9BrN4O4. The first-order valence-electron chi connectivity index (χ1n) is 5.42. The van der Waals surface area contributed by atoms with Gasteiger partial charge in [-0.15, -0.1) is 5.10 Å². The predicted molar refractivity (Wildman–Crippen MR) is 71.3 cm³/mol. The average Bonchev–Trinajstić information content (AvgIpc) is 2.88. The summed E-state index contributed by atoms with van der Waals surface area (Å²) in [5, 5.41) is 14.6. The van der Waals surface area contributed by atoms with E-state index in [2.05, 4.69) is 30.7 Å². The number of nitrogens with zero attached hydrogens (tertiary/aromatic N) is 4. The van der Waals surface area contributed by atoms with Crippen LogP contribution in [0.1, 0.15) is 16.2 Å². The molecule has 0 saturated heterocycles.